The Morgan fingerprint density at radius 1 is 0.917 bits per heavy atom. The van der Waals surface area contributed by atoms with Gasteiger partial charge in [-0.15, -0.1) is 0 Å². The third kappa shape index (κ3) is 6.54. The molecule has 2 unspecified atom stereocenters. The molecule has 9 N–H and O–H groups in total. The first kappa shape index (κ1) is 29.2. The van der Waals surface area contributed by atoms with Crippen molar-refractivity contribution in [3.63, 3.8) is 0 Å². The van der Waals surface area contributed by atoms with Crippen molar-refractivity contribution < 1.29 is 72.4 Å². The quantitative estimate of drug-likeness (QED) is 0.127. The van der Waals surface area contributed by atoms with E-state index in [1.165, 1.54) is 0 Å². The standard InChI is InChI=1S/C15H24N2O17P2/c18-3-5-8(20)10(22)12(24)14(32-5)33-36(28,29)34-35(26,27)30-4-6-9(21)11(23)13(31-6)17-2-1-7(19)16-15(17)25/h1-2,5-6,8-14,18,20-24H,3-4H2,(H,26,27)(H,28,29)(H,16,19,25)/t5-,6+,8-,9+,10+,11+,12-,13+,14-/m1/s1. The van der Waals surface area contributed by atoms with Gasteiger partial charge in [0.15, 0.2) is 12.5 Å². The summed E-state index contributed by atoms with van der Waals surface area (Å²) < 4.78 is 48.1. The molecule has 2 saturated heterocycles. The van der Waals surface area contributed by atoms with E-state index in [2.05, 4.69) is 13.4 Å². The Balaban J connectivity index is 1.61. The van der Waals surface area contributed by atoms with E-state index in [-0.39, 0.29) is 0 Å². The van der Waals surface area contributed by atoms with Crippen LogP contribution in [0.25, 0.3) is 0 Å². The minimum atomic E-state index is -5.59. The highest BCUT2D eigenvalue weighted by atomic mass is 31.3. The number of nitrogens with zero attached hydrogens (tertiary/aromatic N) is 1. The molecule has 2 aliphatic heterocycles. The van der Waals surface area contributed by atoms with Gasteiger partial charge in [0.25, 0.3) is 5.56 Å². The van der Waals surface area contributed by atoms with Gasteiger partial charge in [-0.05, 0) is 0 Å². The predicted octanol–water partition coefficient (Wildman–Crippen LogP) is -4.79. The van der Waals surface area contributed by atoms with Crippen molar-refractivity contribution in [3.8, 4) is 0 Å². The highest BCUT2D eigenvalue weighted by Gasteiger charge is 2.49. The smallest absolute Gasteiger partial charge is 0.394 e. The van der Waals surface area contributed by atoms with Crippen LogP contribution in [0.1, 0.15) is 6.23 Å². The van der Waals surface area contributed by atoms with Crippen molar-refractivity contribution in [2.75, 3.05) is 13.2 Å². The number of phosphoric acid groups is 2. The average Bonchev–Trinajstić information content (AvgIpc) is 3.06. The van der Waals surface area contributed by atoms with Crippen LogP contribution in [0.3, 0.4) is 0 Å². The van der Waals surface area contributed by atoms with Gasteiger partial charge >= 0.3 is 21.3 Å². The van der Waals surface area contributed by atoms with Crippen LogP contribution in [0.2, 0.25) is 0 Å². The lowest BCUT2D eigenvalue weighted by Crippen LogP contribution is -2.58. The summed E-state index contributed by atoms with van der Waals surface area (Å²) in [6.07, 6.45) is -15.4. The molecule has 0 amide bonds. The molecule has 1 aromatic rings. The average molecular weight is 566 g/mol. The molecule has 36 heavy (non-hydrogen) atoms. The topological polar surface area (TPSA) is 297 Å². The Kier molecular flexibility index (Phi) is 9.05. The number of hydrogen-bond donors (Lipinski definition) is 9. The van der Waals surface area contributed by atoms with Gasteiger partial charge in [0, 0.05) is 12.3 Å². The van der Waals surface area contributed by atoms with Crippen LogP contribution in [0.5, 0.6) is 0 Å². The molecular formula is C15H24N2O17P2. The van der Waals surface area contributed by atoms with Crippen molar-refractivity contribution in [1.29, 1.82) is 0 Å². The van der Waals surface area contributed by atoms with Gasteiger partial charge in [-0.3, -0.25) is 23.4 Å². The highest BCUT2D eigenvalue weighted by molar-refractivity contribution is 7.61. The molecule has 206 valence electrons. The largest absolute Gasteiger partial charge is 0.483 e. The zero-order chi connectivity index (χ0) is 27.0. The summed E-state index contributed by atoms with van der Waals surface area (Å²) in [5.41, 5.74) is -1.75. The normalized spacial score (nSPS) is 38.4. The first-order valence-corrected chi connectivity index (χ1v) is 13.0. The van der Waals surface area contributed by atoms with E-state index in [1.54, 1.807) is 0 Å². The van der Waals surface area contributed by atoms with Crippen LogP contribution in [0, 0.1) is 0 Å². The van der Waals surface area contributed by atoms with Gasteiger partial charge < -0.3 is 49.9 Å². The first-order chi connectivity index (χ1) is 16.7. The van der Waals surface area contributed by atoms with Crippen LogP contribution >= 0.6 is 15.6 Å². The predicted molar refractivity (Wildman–Crippen MR) is 109 cm³/mol. The molecule has 3 rings (SSSR count). The maximum atomic E-state index is 12.2. The number of hydrogen-bond acceptors (Lipinski definition) is 15. The fourth-order valence-corrected chi connectivity index (χ4v) is 5.51. The van der Waals surface area contributed by atoms with Crippen molar-refractivity contribution >= 4 is 15.6 Å². The molecule has 21 heteroatoms. The van der Waals surface area contributed by atoms with Crippen molar-refractivity contribution in [2.45, 2.75) is 55.2 Å². The Bertz CT molecular complexity index is 1120. The Morgan fingerprint density at radius 3 is 2.17 bits per heavy atom. The third-order valence-corrected chi connectivity index (χ3v) is 7.76. The van der Waals surface area contributed by atoms with Crippen LogP contribution in [0.15, 0.2) is 21.9 Å². The fourth-order valence-electron chi connectivity index (χ4n) is 3.35. The molecule has 19 nitrogen and oxygen atoms in total. The van der Waals surface area contributed by atoms with E-state index in [9.17, 15) is 54.0 Å². The minimum absolute atomic E-state index is 0.723. The second-order valence-corrected chi connectivity index (χ2v) is 10.7. The van der Waals surface area contributed by atoms with Gasteiger partial charge in [0.2, 0.25) is 0 Å². The fraction of sp³-hybridized carbons (Fsp3) is 0.733. The number of aliphatic hydroxyl groups excluding tert-OH is 6. The van der Waals surface area contributed by atoms with E-state index in [4.69, 9.17) is 14.6 Å². The van der Waals surface area contributed by atoms with E-state index in [1.807, 2.05) is 4.98 Å². The van der Waals surface area contributed by atoms with Crippen LogP contribution in [0.4, 0.5) is 0 Å². The van der Waals surface area contributed by atoms with E-state index in [0.717, 1.165) is 16.8 Å². The number of H-pyrrole nitrogens is 1. The van der Waals surface area contributed by atoms with Gasteiger partial charge in [0.1, 0.15) is 42.7 Å². The van der Waals surface area contributed by atoms with Gasteiger partial charge in [-0.25, -0.2) is 13.9 Å². The van der Waals surface area contributed by atoms with Crippen molar-refractivity contribution in [3.05, 3.63) is 33.1 Å². The third-order valence-electron chi connectivity index (χ3n) is 5.16. The summed E-state index contributed by atoms with van der Waals surface area (Å²) in [5.74, 6) is 0. The maximum absolute atomic E-state index is 12.2. The highest BCUT2D eigenvalue weighted by Crippen LogP contribution is 2.61. The zero-order valence-corrected chi connectivity index (χ0v) is 19.6. The summed E-state index contributed by atoms with van der Waals surface area (Å²) >= 11 is 0. The molecule has 0 radical (unpaired) electrons. The summed E-state index contributed by atoms with van der Waals surface area (Å²) in [4.78, 5) is 44.5. The minimum Gasteiger partial charge on any atom is -0.394 e. The molecule has 3 heterocycles. The van der Waals surface area contributed by atoms with Gasteiger partial charge in [-0.2, -0.15) is 4.31 Å². The van der Waals surface area contributed by atoms with E-state index >= 15 is 0 Å². The summed E-state index contributed by atoms with van der Waals surface area (Å²) in [6.45, 7) is -1.93. The number of phosphoric ester groups is 2. The Morgan fingerprint density at radius 2 is 1.56 bits per heavy atom. The molecule has 0 bridgehead atoms. The summed E-state index contributed by atoms with van der Waals surface area (Å²) in [7, 11) is -11.1. The molecule has 1 aromatic heterocycles. The number of aliphatic hydroxyl groups is 6. The molecule has 0 aromatic carbocycles. The number of aromatic amines is 1. The zero-order valence-electron chi connectivity index (χ0n) is 17.9. The second-order valence-electron chi connectivity index (χ2n) is 7.68. The number of rotatable bonds is 9. The van der Waals surface area contributed by atoms with E-state index < -0.39 is 95.4 Å². The van der Waals surface area contributed by atoms with E-state index in [0.29, 0.717) is 0 Å². The lowest BCUT2D eigenvalue weighted by Gasteiger charge is -2.39. The maximum Gasteiger partial charge on any atom is 0.483 e. The number of ether oxygens (including phenoxy) is 2. The Hall–Kier alpha value is -1.38. The molecule has 0 aliphatic carbocycles. The van der Waals surface area contributed by atoms with Crippen LogP contribution in [-0.4, -0.2) is 112 Å². The molecule has 11 atom stereocenters. The summed E-state index contributed by atoms with van der Waals surface area (Å²) in [6, 6.07) is 0.928. The molecule has 2 aliphatic rings. The van der Waals surface area contributed by atoms with Crippen LogP contribution in [-0.2, 0) is 32.0 Å². The second kappa shape index (κ2) is 11.2. The Labute approximate surface area is 199 Å². The first-order valence-electron chi connectivity index (χ1n) is 9.99. The summed E-state index contributed by atoms with van der Waals surface area (Å²) in [5, 5.41) is 58.6. The number of nitrogens with one attached hydrogen (secondary N) is 1. The lowest BCUT2D eigenvalue weighted by atomic mass is 10.00. The molecular weight excluding hydrogens is 542 g/mol. The van der Waals surface area contributed by atoms with Crippen molar-refractivity contribution in [2.24, 2.45) is 0 Å². The lowest BCUT2D eigenvalue weighted by molar-refractivity contribution is -0.280. The van der Waals surface area contributed by atoms with Crippen molar-refractivity contribution in [1.82, 2.24) is 9.55 Å². The van der Waals surface area contributed by atoms with Crippen LogP contribution < -0.4 is 11.2 Å². The molecule has 0 spiro atoms. The number of aromatic nitrogens is 2. The van der Waals surface area contributed by atoms with Gasteiger partial charge in [-0.1, -0.05) is 0 Å². The molecule has 2 fully saturated rings. The molecule has 0 saturated carbocycles. The SMILES string of the molecule is O=c1ccn([C@H]2O[C@@H](COP(=O)(O)OP(=O)(O)O[C@H]3O[C@H](CO)[C@@H](O)[C@H](O)[C@H]3O)[C@H](O)[C@@H]2O)c(=O)[nH]1. The monoisotopic (exact) mass is 566 g/mol. The van der Waals surface area contributed by atoms with Gasteiger partial charge in [0.05, 0.1) is 13.2 Å².